The third-order valence-corrected chi connectivity index (χ3v) is 3.27. The monoisotopic (exact) mass is 278 g/mol. The fourth-order valence-corrected chi connectivity index (χ4v) is 2.29. The Bertz CT molecular complexity index is 749. The Kier molecular flexibility index (Phi) is 3.51. The molecule has 0 aliphatic carbocycles. The van der Waals surface area contributed by atoms with Gasteiger partial charge in [-0.2, -0.15) is 9.78 Å². The van der Waals surface area contributed by atoms with Crippen LogP contribution >= 0.6 is 0 Å². The van der Waals surface area contributed by atoms with Gasteiger partial charge in [0.1, 0.15) is 0 Å². The maximum atomic E-state index is 11.2. The molecule has 21 heavy (non-hydrogen) atoms. The lowest BCUT2D eigenvalue weighted by Crippen LogP contribution is -2.07. The van der Waals surface area contributed by atoms with Gasteiger partial charge in [-0.15, -0.1) is 0 Å². The van der Waals surface area contributed by atoms with Crippen molar-refractivity contribution >= 4 is 6.09 Å². The lowest BCUT2D eigenvalue weighted by Gasteiger charge is -2.02. The van der Waals surface area contributed by atoms with Crippen LogP contribution in [0.4, 0.5) is 4.79 Å². The molecule has 1 heterocycles. The number of benzene rings is 2. The van der Waals surface area contributed by atoms with Crippen LogP contribution in [-0.4, -0.2) is 21.0 Å². The standard InChI is InChI=1S/C17H14N2O2/c20-17(21)19-12-15(11-13-7-3-1-4-8-13)16(18-19)14-9-5-2-6-10-14/h1-10,12H,11H2,(H,20,21). The molecule has 0 unspecified atom stereocenters. The number of aromatic nitrogens is 2. The van der Waals surface area contributed by atoms with Gasteiger partial charge in [0.2, 0.25) is 0 Å². The van der Waals surface area contributed by atoms with Crippen LogP contribution in [0.5, 0.6) is 0 Å². The topological polar surface area (TPSA) is 55.1 Å². The second-order valence-electron chi connectivity index (χ2n) is 4.76. The van der Waals surface area contributed by atoms with Crippen molar-refractivity contribution in [3.8, 4) is 11.3 Å². The van der Waals surface area contributed by atoms with Crippen LogP contribution in [0.2, 0.25) is 0 Å². The zero-order valence-corrected chi connectivity index (χ0v) is 11.3. The Hall–Kier alpha value is -2.88. The van der Waals surface area contributed by atoms with Crippen molar-refractivity contribution in [3.05, 3.63) is 78.0 Å². The summed E-state index contributed by atoms with van der Waals surface area (Å²) in [6.07, 6.45) is 1.15. The summed E-state index contributed by atoms with van der Waals surface area (Å²) in [7, 11) is 0. The Morgan fingerprint density at radius 1 is 1.00 bits per heavy atom. The first-order valence-corrected chi connectivity index (χ1v) is 6.65. The molecule has 0 aliphatic heterocycles. The molecule has 0 amide bonds. The van der Waals surface area contributed by atoms with Gasteiger partial charge in [-0.25, -0.2) is 4.79 Å². The molecule has 3 rings (SSSR count). The van der Waals surface area contributed by atoms with Gasteiger partial charge in [-0.05, 0) is 5.56 Å². The van der Waals surface area contributed by atoms with E-state index < -0.39 is 6.09 Å². The average Bonchev–Trinajstić information content (AvgIpc) is 2.93. The number of rotatable bonds is 3. The molecule has 3 aromatic rings. The fraction of sp³-hybridized carbons (Fsp3) is 0.0588. The van der Waals surface area contributed by atoms with E-state index in [1.807, 2.05) is 60.7 Å². The van der Waals surface area contributed by atoms with E-state index in [2.05, 4.69) is 5.10 Å². The van der Waals surface area contributed by atoms with Gasteiger partial charge >= 0.3 is 6.09 Å². The smallest absolute Gasteiger partial charge is 0.432 e. The van der Waals surface area contributed by atoms with Crippen LogP contribution < -0.4 is 0 Å². The van der Waals surface area contributed by atoms with E-state index in [1.165, 1.54) is 0 Å². The maximum absolute atomic E-state index is 11.2. The summed E-state index contributed by atoms with van der Waals surface area (Å²) in [6, 6.07) is 19.6. The maximum Gasteiger partial charge on any atom is 0.432 e. The van der Waals surface area contributed by atoms with Crippen LogP contribution in [-0.2, 0) is 6.42 Å². The summed E-state index contributed by atoms with van der Waals surface area (Å²) in [5.41, 5.74) is 3.65. The van der Waals surface area contributed by atoms with E-state index in [0.29, 0.717) is 12.1 Å². The Morgan fingerprint density at radius 3 is 2.24 bits per heavy atom. The van der Waals surface area contributed by atoms with Crippen molar-refractivity contribution in [1.82, 2.24) is 9.78 Å². The van der Waals surface area contributed by atoms with Gasteiger partial charge in [0.25, 0.3) is 0 Å². The Morgan fingerprint density at radius 2 is 1.62 bits per heavy atom. The van der Waals surface area contributed by atoms with Gasteiger partial charge in [-0.1, -0.05) is 60.7 Å². The van der Waals surface area contributed by atoms with E-state index in [-0.39, 0.29) is 0 Å². The molecule has 1 N–H and O–H groups in total. The minimum absolute atomic E-state index is 0.651. The highest BCUT2D eigenvalue weighted by Crippen LogP contribution is 2.24. The van der Waals surface area contributed by atoms with Crippen LogP contribution in [0, 0.1) is 0 Å². The summed E-state index contributed by atoms with van der Waals surface area (Å²) >= 11 is 0. The Balaban J connectivity index is 2.04. The van der Waals surface area contributed by atoms with Crippen molar-refractivity contribution in [2.45, 2.75) is 6.42 Å². The molecule has 0 bridgehead atoms. The summed E-state index contributed by atoms with van der Waals surface area (Å²) in [6.45, 7) is 0. The largest absolute Gasteiger partial charge is 0.463 e. The molecule has 4 nitrogen and oxygen atoms in total. The van der Waals surface area contributed by atoms with Crippen molar-refractivity contribution < 1.29 is 9.90 Å². The van der Waals surface area contributed by atoms with Crippen LogP contribution in [0.3, 0.4) is 0 Å². The summed E-state index contributed by atoms with van der Waals surface area (Å²) in [5.74, 6) is 0. The van der Waals surface area contributed by atoms with E-state index in [1.54, 1.807) is 6.20 Å². The molecule has 1 aromatic heterocycles. The SMILES string of the molecule is O=C(O)n1cc(Cc2ccccc2)c(-c2ccccc2)n1. The number of hydrogen-bond donors (Lipinski definition) is 1. The highest BCUT2D eigenvalue weighted by atomic mass is 16.4. The zero-order valence-electron chi connectivity index (χ0n) is 11.3. The van der Waals surface area contributed by atoms with Crippen LogP contribution in [0.25, 0.3) is 11.3 Å². The molecule has 0 atom stereocenters. The van der Waals surface area contributed by atoms with Gasteiger partial charge < -0.3 is 5.11 Å². The lowest BCUT2D eigenvalue weighted by atomic mass is 10.0. The quantitative estimate of drug-likeness (QED) is 0.795. The van der Waals surface area contributed by atoms with E-state index in [4.69, 9.17) is 5.11 Å². The predicted octanol–water partition coefficient (Wildman–Crippen LogP) is 3.67. The summed E-state index contributed by atoms with van der Waals surface area (Å²) in [4.78, 5) is 11.2. The first-order valence-electron chi connectivity index (χ1n) is 6.65. The van der Waals surface area contributed by atoms with Crippen molar-refractivity contribution in [3.63, 3.8) is 0 Å². The molecule has 2 aromatic carbocycles. The molecule has 4 heteroatoms. The van der Waals surface area contributed by atoms with E-state index >= 15 is 0 Å². The highest BCUT2D eigenvalue weighted by molar-refractivity contribution is 5.71. The molecule has 0 saturated heterocycles. The second kappa shape index (κ2) is 5.63. The van der Waals surface area contributed by atoms with Gasteiger partial charge in [0.05, 0.1) is 5.69 Å². The molecular formula is C17H14N2O2. The van der Waals surface area contributed by atoms with E-state index in [0.717, 1.165) is 21.4 Å². The van der Waals surface area contributed by atoms with Gasteiger partial charge in [0, 0.05) is 23.7 Å². The molecule has 0 spiro atoms. The number of carbonyl (C=O) groups is 1. The third kappa shape index (κ3) is 2.84. The van der Waals surface area contributed by atoms with Gasteiger partial charge in [0.15, 0.2) is 0 Å². The normalized spacial score (nSPS) is 10.5. The number of carboxylic acid groups (broad SMARTS) is 1. The highest BCUT2D eigenvalue weighted by Gasteiger charge is 2.14. The Labute approximate surface area is 122 Å². The summed E-state index contributed by atoms with van der Waals surface area (Å²) < 4.78 is 0.973. The predicted molar refractivity (Wildman–Crippen MR) is 80.3 cm³/mol. The zero-order chi connectivity index (χ0) is 14.7. The minimum atomic E-state index is -1.08. The molecule has 0 radical (unpaired) electrons. The molecule has 0 aliphatic rings. The van der Waals surface area contributed by atoms with Crippen molar-refractivity contribution in [2.75, 3.05) is 0 Å². The van der Waals surface area contributed by atoms with Crippen LogP contribution in [0.1, 0.15) is 11.1 Å². The minimum Gasteiger partial charge on any atom is -0.463 e. The summed E-state index contributed by atoms with van der Waals surface area (Å²) in [5, 5.41) is 13.3. The average molecular weight is 278 g/mol. The molecule has 104 valence electrons. The molecule has 0 saturated carbocycles. The fourth-order valence-electron chi connectivity index (χ4n) is 2.29. The number of nitrogens with zero attached hydrogens (tertiary/aromatic N) is 2. The number of hydrogen-bond acceptors (Lipinski definition) is 2. The van der Waals surface area contributed by atoms with Crippen molar-refractivity contribution in [1.29, 1.82) is 0 Å². The van der Waals surface area contributed by atoms with Crippen molar-refractivity contribution in [2.24, 2.45) is 0 Å². The van der Waals surface area contributed by atoms with Gasteiger partial charge in [-0.3, -0.25) is 0 Å². The van der Waals surface area contributed by atoms with Crippen LogP contribution in [0.15, 0.2) is 66.9 Å². The second-order valence-corrected chi connectivity index (χ2v) is 4.76. The molecule has 0 fully saturated rings. The first-order chi connectivity index (χ1) is 10.2. The lowest BCUT2D eigenvalue weighted by molar-refractivity contribution is 0.192. The third-order valence-electron chi connectivity index (χ3n) is 3.27. The molecular weight excluding hydrogens is 264 g/mol. The first kappa shape index (κ1) is 13.1. The van der Waals surface area contributed by atoms with E-state index in [9.17, 15) is 4.79 Å².